The number of hydrogen-bond acceptors (Lipinski definition) is 3. The van der Waals surface area contributed by atoms with E-state index in [4.69, 9.17) is 0 Å². The van der Waals surface area contributed by atoms with E-state index in [1.165, 1.54) is 4.57 Å². The van der Waals surface area contributed by atoms with Crippen LogP contribution in [-0.4, -0.2) is 38.2 Å². The molecule has 0 bridgehead atoms. The molecule has 2 aromatic rings. The largest absolute Gasteiger partial charge is 0.416 e. The average Bonchev–Trinajstić information content (AvgIpc) is 3.29. The fourth-order valence-corrected chi connectivity index (χ4v) is 4.09. The minimum Gasteiger partial charge on any atom is -0.341 e. The second-order valence-corrected chi connectivity index (χ2v) is 7.51. The van der Waals surface area contributed by atoms with Gasteiger partial charge in [0, 0.05) is 19.5 Å². The van der Waals surface area contributed by atoms with Crippen molar-refractivity contribution in [2.45, 2.75) is 50.9 Å². The standard InChI is InChI=1S/C19H20F4N4O2/c20-14-9-12(8-13(10-14)19(21,22)23)11-26-18(29)27-15(4-3-5-16(27)24-26)17(28)25-6-1-2-7-25/h8-10,15H,1-7,11H2. The van der Waals surface area contributed by atoms with Crippen LogP contribution >= 0.6 is 0 Å². The van der Waals surface area contributed by atoms with Gasteiger partial charge >= 0.3 is 11.9 Å². The van der Waals surface area contributed by atoms with Gasteiger partial charge in [0.2, 0.25) is 5.91 Å². The highest BCUT2D eigenvalue weighted by Crippen LogP contribution is 2.31. The number of amides is 1. The average molecular weight is 412 g/mol. The highest BCUT2D eigenvalue weighted by Gasteiger charge is 2.34. The van der Waals surface area contributed by atoms with Gasteiger partial charge in [0.15, 0.2) is 0 Å². The van der Waals surface area contributed by atoms with Gasteiger partial charge in [0.25, 0.3) is 0 Å². The number of carbonyl (C=O) groups is 1. The van der Waals surface area contributed by atoms with E-state index in [1.807, 2.05) is 0 Å². The van der Waals surface area contributed by atoms with E-state index >= 15 is 0 Å². The van der Waals surface area contributed by atoms with Crippen LogP contribution in [0.1, 0.15) is 48.7 Å². The number of benzene rings is 1. The Hall–Kier alpha value is -2.65. The van der Waals surface area contributed by atoms with Gasteiger partial charge in [-0.25, -0.2) is 13.9 Å². The van der Waals surface area contributed by atoms with E-state index in [-0.39, 0.29) is 18.0 Å². The second-order valence-electron chi connectivity index (χ2n) is 7.51. The number of rotatable bonds is 3. The van der Waals surface area contributed by atoms with Crippen molar-refractivity contribution in [1.29, 1.82) is 0 Å². The first-order valence-corrected chi connectivity index (χ1v) is 9.58. The number of aromatic nitrogens is 3. The predicted molar refractivity (Wildman–Crippen MR) is 94.8 cm³/mol. The van der Waals surface area contributed by atoms with Crippen LogP contribution in [-0.2, 0) is 23.9 Å². The molecule has 1 amide bonds. The third-order valence-electron chi connectivity index (χ3n) is 5.45. The Balaban J connectivity index is 1.65. The van der Waals surface area contributed by atoms with Crippen molar-refractivity contribution in [2.24, 2.45) is 0 Å². The van der Waals surface area contributed by atoms with Crippen LogP contribution in [0.4, 0.5) is 17.6 Å². The molecular formula is C19H20F4N4O2. The van der Waals surface area contributed by atoms with Crippen LogP contribution in [0.3, 0.4) is 0 Å². The molecular weight excluding hydrogens is 392 g/mol. The summed E-state index contributed by atoms with van der Waals surface area (Å²) in [5.74, 6) is -0.713. The molecule has 29 heavy (non-hydrogen) atoms. The Kier molecular flexibility index (Phi) is 4.95. The van der Waals surface area contributed by atoms with E-state index in [1.54, 1.807) is 4.90 Å². The molecule has 0 saturated carbocycles. The first-order chi connectivity index (χ1) is 13.7. The molecule has 3 heterocycles. The number of fused-ring (bicyclic) bond motifs is 1. The third-order valence-corrected chi connectivity index (χ3v) is 5.45. The highest BCUT2D eigenvalue weighted by molar-refractivity contribution is 5.80. The number of hydrogen-bond donors (Lipinski definition) is 0. The molecule has 1 fully saturated rings. The molecule has 1 aromatic heterocycles. The Morgan fingerprint density at radius 1 is 1.14 bits per heavy atom. The van der Waals surface area contributed by atoms with Gasteiger partial charge < -0.3 is 4.90 Å². The van der Waals surface area contributed by atoms with Gasteiger partial charge in [-0.05, 0) is 49.4 Å². The molecule has 4 rings (SSSR count). The summed E-state index contributed by atoms with van der Waals surface area (Å²) in [4.78, 5) is 27.5. The summed E-state index contributed by atoms with van der Waals surface area (Å²) in [6.07, 6.45) is -1.11. The summed E-state index contributed by atoms with van der Waals surface area (Å²) in [5, 5.41) is 4.22. The lowest BCUT2D eigenvalue weighted by atomic mass is 10.0. The minimum atomic E-state index is -4.69. The van der Waals surface area contributed by atoms with Gasteiger partial charge in [-0.2, -0.15) is 18.3 Å². The lowest BCUT2D eigenvalue weighted by Gasteiger charge is -2.27. The number of alkyl halides is 3. The lowest BCUT2D eigenvalue weighted by Crippen LogP contribution is -2.41. The van der Waals surface area contributed by atoms with Crippen LogP contribution in [0.25, 0.3) is 0 Å². The SMILES string of the molecule is O=C(C1CCCc2nn(Cc3cc(F)cc(C(F)(F)F)c3)c(=O)n21)N1CCCC1. The number of halogens is 4. The number of nitrogens with zero attached hydrogens (tertiary/aromatic N) is 4. The molecule has 1 unspecified atom stereocenters. The molecule has 10 heteroatoms. The summed E-state index contributed by atoms with van der Waals surface area (Å²) >= 11 is 0. The normalized spacial score (nSPS) is 19.4. The van der Waals surface area contributed by atoms with Crippen LogP contribution in [0.5, 0.6) is 0 Å². The lowest BCUT2D eigenvalue weighted by molar-refractivity contribution is -0.138. The summed E-state index contributed by atoms with van der Waals surface area (Å²) in [7, 11) is 0. The number of likely N-dealkylation sites (tertiary alicyclic amines) is 1. The molecule has 0 spiro atoms. The number of aryl methyl sites for hydroxylation is 1. The van der Waals surface area contributed by atoms with Gasteiger partial charge in [0.1, 0.15) is 17.7 Å². The predicted octanol–water partition coefficient (Wildman–Crippen LogP) is 2.75. The summed E-state index contributed by atoms with van der Waals surface area (Å²) in [6, 6.07) is 1.53. The van der Waals surface area contributed by atoms with Gasteiger partial charge in [-0.15, -0.1) is 0 Å². The molecule has 2 aliphatic heterocycles. The molecule has 0 radical (unpaired) electrons. The second kappa shape index (κ2) is 7.31. The van der Waals surface area contributed by atoms with E-state index in [9.17, 15) is 27.2 Å². The van der Waals surface area contributed by atoms with Crippen LogP contribution in [0, 0.1) is 5.82 Å². The molecule has 1 atom stereocenters. The quantitative estimate of drug-likeness (QED) is 0.729. The first-order valence-electron chi connectivity index (χ1n) is 9.58. The zero-order valence-electron chi connectivity index (χ0n) is 15.6. The fourth-order valence-electron chi connectivity index (χ4n) is 4.09. The van der Waals surface area contributed by atoms with Crippen molar-refractivity contribution >= 4 is 5.91 Å². The summed E-state index contributed by atoms with van der Waals surface area (Å²) in [5.41, 5.74) is -1.70. The maximum absolute atomic E-state index is 13.7. The van der Waals surface area contributed by atoms with Crippen molar-refractivity contribution in [2.75, 3.05) is 13.1 Å². The smallest absolute Gasteiger partial charge is 0.341 e. The zero-order valence-corrected chi connectivity index (χ0v) is 15.6. The van der Waals surface area contributed by atoms with Crippen LogP contribution in [0.2, 0.25) is 0 Å². The highest BCUT2D eigenvalue weighted by atomic mass is 19.4. The van der Waals surface area contributed by atoms with Crippen LogP contribution < -0.4 is 5.69 Å². The van der Waals surface area contributed by atoms with Crippen molar-refractivity contribution in [1.82, 2.24) is 19.2 Å². The molecule has 6 nitrogen and oxygen atoms in total. The maximum atomic E-state index is 13.7. The van der Waals surface area contributed by atoms with Crippen molar-refractivity contribution in [3.05, 3.63) is 51.5 Å². The topological polar surface area (TPSA) is 60.1 Å². The first kappa shape index (κ1) is 19.7. The molecule has 0 N–H and O–H groups in total. The van der Waals surface area contributed by atoms with Gasteiger partial charge in [0.05, 0.1) is 12.1 Å². The Morgan fingerprint density at radius 3 is 2.55 bits per heavy atom. The van der Waals surface area contributed by atoms with E-state index in [0.29, 0.717) is 44.2 Å². The third kappa shape index (κ3) is 3.79. The van der Waals surface area contributed by atoms with Gasteiger partial charge in [-0.1, -0.05) is 0 Å². The van der Waals surface area contributed by atoms with Gasteiger partial charge in [-0.3, -0.25) is 9.36 Å². The van der Waals surface area contributed by atoms with E-state index < -0.39 is 29.3 Å². The monoisotopic (exact) mass is 412 g/mol. The summed E-state index contributed by atoms with van der Waals surface area (Å²) in [6.45, 7) is 1.03. The Labute approximate surface area is 163 Å². The van der Waals surface area contributed by atoms with Crippen molar-refractivity contribution in [3.63, 3.8) is 0 Å². The van der Waals surface area contributed by atoms with Crippen molar-refractivity contribution < 1.29 is 22.4 Å². The maximum Gasteiger partial charge on any atom is 0.416 e. The zero-order chi connectivity index (χ0) is 20.8. The molecule has 1 aromatic carbocycles. The molecule has 2 aliphatic rings. The Morgan fingerprint density at radius 2 is 1.86 bits per heavy atom. The van der Waals surface area contributed by atoms with Crippen LogP contribution in [0.15, 0.2) is 23.0 Å². The fraction of sp³-hybridized carbons (Fsp3) is 0.526. The van der Waals surface area contributed by atoms with Crippen molar-refractivity contribution in [3.8, 4) is 0 Å². The molecule has 0 aliphatic carbocycles. The number of carbonyl (C=O) groups excluding carboxylic acids is 1. The van der Waals surface area contributed by atoms with E-state index in [2.05, 4.69) is 5.10 Å². The Bertz CT molecular complexity index is 989. The molecule has 1 saturated heterocycles. The minimum absolute atomic E-state index is 0.0164. The molecule has 156 valence electrons. The summed E-state index contributed by atoms with van der Waals surface area (Å²) < 4.78 is 54.9. The van der Waals surface area contributed by atoms with E-state index in [0.717, 1.165) is 29.7 Å².